The lowest BCUT2D eigenvalue weighted by Crippen LogP contribution is -2.12. The van der Waals surface area contributed by atoms with Crippen LogP contribution in [0.15, 0.2) is 76.0 Å². The number of methoxy groups -OCH3 is 1. The van der Waals surface area contributed by atoms with Crippen LogP contribution in [-0.2, 0) is 21.4 Å². The summed E-state index contributed by atoms with van der Waals surface area (Å²) in [5, 5.41) is 11.8. The van der Waals surface area contributed by atoms with Gasteiger partial charge in [-0.25, -0.2) is 4.79 Å². The molecule has 0 aliphatic heterocycles. The predicted octanol–water partition coefficient (Wildman–Crippen LogP) is 4.03. The summed E-state index contributed by atoms with van der Waals surface area (Å²) < 4.78 is 45.4. The summed E-state index contributed by atoms with van der Waals surface area (Å²) in [6, 6.07) is 17.4. The number of hydrogen-bond acceptors (Lipinski definition) is 8. The molecule has 0 unspecified atom stereocenters. The molecule has 0 aromatic heterocycles. The predicted molar refractivity (Wildman–Crippen MR) is 131 cm³/mol. The molecule has 0 atom stereocenters. The lowest BCUT2D eigenvalue weighted by atomic mass is 10.2. The van der Waals surface area contributed by atoms with Gasteiger partial charge >= 0.3 is 11.7 Å². The van der Waals surface area contributed by atoms with E-state index in [-0.39, 0.29) is 11.3 Å². The van der Waals surface area contributed by atoms with Crippen molar-refractivity contribution < 1.29 is 32.3 Å². The molecule has 0 spiro atoms. The third-order valence-electron chi connectivity index (χ3n) is 4.64. The van der Waals surface area contributed by atoms with Crippen molar-refractivity contribution in [3.8, 4) is 17.2 Å². The van der Waals surface area contributed by atoms with Gasteiger partial charge in [0.2, 0.25) is 5.75 Å². The average molecular weight is 514 g/mol. The molecule has 0 aliphatic carbocycles. The van der Waals surface area contributed by atoms with Crippen molar-refractivity contribution in [3.63, 3.8) is 0 Å². The number of rotatable bonds is 10. The van der Waals surface area contributed by atoms with Crippen LogP contribution in [-0.4, -0.2) is 51.8 Å². The highest BCUT2D eigenvalue weighted by Crippen LogP contribution is 2.40. The molecular formula is C24H23N3O8S. The van der Waals surface area contributed by atoms with Crippen LogP contribution in [0.1, 0.15) is 15.9 Å². The molecule has 36 heavy (non-hydrogen) atoms. The zero-order chi connectivity index (χ0) is 26.3. The van der Waals surface area contributed by atoms with Gasteiger partial charge in [0.15, 0.2) is 0 Å². The van der Waals surface area contributed by atoms with Gasteiger partial charge in [0.1, 0.15) is 29.3 Å². The van der Waals surface area contributed by atoms with Crippen molar-refractivity contribution in [2.75, 3.05) is 21.2 Å². The van der Waals surface area contributed by atoms with Gasteiger partial charge in [-0.05, 0) is 35.9 Å². The quantitative estimate of drug-likeness (QED) is 0.129. The van der Waals surface area contributed by atoms with E-state index in [0.29, 0.717) is 12.4 Å². The second kappa shape index (κ2) is 11.3. The Balaban J connectivity index is 2.00. The summed E-state index contributed by atoms with van der Waals surface area (Å²) in [6.07, 6.45) is 1.01. The van der Waals surface area contributed by atoms with Gasteiger partial charge in [-0.15, -0.1) is 4.40 Å². The van der Waals surface area contributed by atoms with E-state index in [1.165, 1.54) is 17.0 Å². The highest BCUT2D eigenvalue weighted by atomic mass is 32.2. The van der Waals surface area contributed by atoms with E-state index in [9.17, 15) is 23.3 Å². The van der Waals surface area contributed by atoms with Crippen molar-refractivity contribution >= 4 is 28.0 Å². The third kappa shape index (κ3) is 6.57. The highest BCUT2D eigenvalue weighted by Gasteiger charge is 2.31. The zero-order valence-corrected chi connectivity index (χ0v) is 20.5. The monoisotopic (exact) mass is 513 g/mol. The maximum Gasteiger partial charge on any atom is 0.338 e. The molecule has 0 saturated carbocycles. The van der Waals surface area contributed by atoms with Crippen molar-refractivity contribution in [2.45, 2.75) is 11.5 Å². The number of nitro benzene ring substituents is 1. The molecule has 0 fully saturated rings. The Bertz CT molecular complexity index is 1370. The Morgan fingerprint density at radius 1 is 1.06 bits per heavy atom. The van der Waals surface area contributed by atoms with Crippen molar-refractivity contribution in [3.05, 3.63) is 88.0 Å². The van der Waals surface area contributed by atoms with Crippen LogP contribution < -0.4 is 9.47 Å². The summed E-state index contributed by atoms with van der Waals surface area (Å²) in [5.74, 6) is -0.951. The van der Waals surface area contributed by atoms with E-state index >= 15 is 0 Å². The summed E-state index contributed by atoms with van der Waals surface area (Å²) in [5.41, 5.74) is -0.131. The van der Waals surface area contributed by atoms with Gasteiger partial charge in [-0.1, -0.05) is 30.3 Å². The van der Waals surface area contributed by atoms with Crippen LogP contribution in [0.5, 0.6) is 17.2 Å². The van der Waals surface area contributed by atoms with E-state index in [2.05, 4.69) is 9.13 Å². The third-order valence-corrected chi connectivity index (χ3v) is 5.87. The second-order valence-corrected chi connectivity index (χ2v) is 9.18. The smallest absolute Gasteiger partial charge is 0.338 e. The number of esters is 1. The first-order chi connectivity index (χ1) is 17.1. The first-order valence-electron chi connectivity index (χ1n) is 10.4. The normalized spacial score (nSPS) is 11.2. The van der Waals surface area contributed by atoms with E-state index in [4.69, 9.17) is 9.47 Å². The van der Waals surface area contributed by atoms with Crippen LogP contribution in [0.3, 0.4) is 0 Å². The molecule has 12 heteroatoms. The largest absolute Gasteiger partial charge is 0.489 e. The van der Waals surface area contributed by atoms with Gasteiger partial charge in [0.25, 0.3) is 10.0 Å². The molecule has 188 valence electrons. The molecule has 0 aliphatic rings. The molecule has 0 heterocycles. The molecular weight excluding hydrogens is 490 g/mol. The minimum absolute atomic E-state index is 0.101. The summed E-state index contributed by atoms with van der Waals surface area (Å²) in [7, 11) is -0.346. The Hall–Kier alpha value is -4.45. The van der Waals surface area contributed by atoms with Gasteiger partial charge < -0.3 is 19.1 Å². The second-order valence-electron chi connectivity index (χ2n) is 7.58. The number of nitrogens with zero attached hydrogens (tertiary/aromatic N) is 3. The standard InChI is InChI=1S/C24H23N3O8S/c1-26(2)16-25-36(31,32)22-14-18(24(28)33-3)13-21(27(29)30)23(22)35-20-11-9-19(10-12-20)34-15-17-7-5-4-6-8-17/h4-14,16H,15H2,1-3H3. The fourth-order valence-electron chi connectivity index (χ4n) is 2.93. The van der Waals surface area contributed by atoms with Gasteiger partial charge in [0, 0.05) is 20.2 Å². The number of nitro groups is 1. The number of carbonyl (C=O) groups excluding carboxylic acids is 1. The van der Waals surface area contributed by atoms with Crippen LogP contribution in [0.2, 0.25) is 0 Å². The zero-order valence-electron chi connectivity index (χ0n) is 19.7. The summed E-state index contributed by atoms with van der Waals surface area (Å²) >= 11 is 0. The van der Waals surface area contributed by atoms with Crippen molar-refractivity contribution in [1.82, 2.24) is 4.90 Å². The number of carbonyl (C=O) groups is 1. The minimum Gasteiger partial charge on any atom is -0.489 e. The summed E-state index contributed by atoms with van der Waals surface area (Å²) in [4.78, 5) is 23.7. The maximum atomic E-state index is 13.0. The van der Waals surface area contributed by atoms with Crippen molar-refractivity contribution in [1.29, 1.82) is 0 Å². The van der Waals surface area contributed by atoms with E-state index < -0.39 is 37.2 Å². The first-order valence-corrected chi connectivity index (χ1v) is 11.9. The molecule has 3 aromatic rings. The molecule has 11 nitrogen and oxygen atoms in total. The first kappa shape index (κ1) is 26.2. The van der Waals surface area contributed by atoms with Crippen LogP contribution in [0.4, 0.5) is 5.69 Å². The molecule has 0 amide bonds. The number of sulfonamides is 1. The Labute approximate surface area is 207 Å². The van der Waals surface area contributed by atoms with Crippen LogP contribution in [0, 0.1) is 10.1 Å². The molecule has 3 aromatic carbocycles. The number of ether oxygens (including phenoxy) is 3. The fourth-order valence-corrected chi connectivity index (χ4v) is 4.01. The minimum atomic E-state index is -4.51. The Morgan fingerprint density at radius 2 is 1.69 bits per heavy atom. The molecule has 0 saturated heterocycles. The fraction of sp³-hybridized carbons (Fsp3) is 0.167. The van der Waals surface area contributed by atoms with Gasteiger partial charge in [-0.2, -0.15) is 8.42 Å². The number of hydrogen-bond donors (Lipinski definition) is 0. The Kier molecular flexibility index (Phi) is 8.22. The maximum absolute atomic E-state index is 13.0. The molecule has 0 N–H and O–H groups in total. The van der Waals surface area contributed by atoms with E-state index in [1.54, 1.807) is 26.2 Å². The number of benzene rings is 3. The highest BCUT2D eigenvalue weighted by molar-refractivity contribution is 7.90. The van der Waals surface area contributed by atoms with E-state index in [1.807, 2.05) is 30.3 Å². The summed E-state index contributed by atoms with van der Waals surface area (Å²) in [6.45, 7) is 0.327. The lowest BCUT2D eigenvalue weighted by molar-refractivity contribution is -0.385. The van der Waals surface area contributed by atoms with Crippen LogP contribution in [0.25, 0.3) is 0 Å². The topological polar surface area (TPSA) is 138 Å². The van der Waals surface area contributed by atoms with Crippen LogP contribution >= 0.6 is 0 Å². The average Bonchev–Trinajstić information content (AvgIpc) is 2.87. The van der Waals surface area contributed by atoms with Gasteiger partial charge in [0.05, 0.1) is 17.6 Å². The molecule has 3 rings (SSSR count). The molecule has 0 radical (unpaired) electrons. The van der Waals surface area contributed by atoms with E-state index in [0.717, 1.165) is 31.1 Å². The SMILES string of the molecule is COC(=O)c1cc([N+](=O)[O-])c(Oc2ccc(OCc3ccccc3)cc2)c(S(=O)(=O)N=CN(C)C)c1. The Morgan fingerprint density at radius 3 is 2.28 bits per heavy atom. The van der Waals surface area contributed by atoms with Crippen molar-refractivity contribution in [2.24, 2.45) is 4.40 Å². The molecule has 0 bridgehead atoms. The van der Waals surface area contributed by atoms with Gasteiger partial charge in [-0.3, -0.25) is 10.1 Å². The lowest BCUT2D eigenvalue weighted by Gasteiger charge is -2.13.